The second-order valence-electron chi connectivity index (χ2n) is 40.6. The molecule has 704 valence electrons. The smallest absolute Gasteiger partial charge is 0.133 e. The van der Waals surface area contributed by atoms with Crippen molar-refractivity contribution < 1.29 is 14.2 Å². The number of benzene rings is 23. The molecule has 0 radical (unpaired) electrons. The lowest BCUT2D eigenvalue weighted by Gasteiger charge is -2.35. The Labute approximate surface area is 858 Å². The fourth-order valence-corrected chi connectivity index (χ4v) is 23.8. The van der Waals surface area contributed by atoms with E-state index in [2.05, 4.69) is 531 Å². The molecule has 3 aliphatic rings. The zero-order chi connectivity index (χ0) is 99.2. The fraction of sp³-hybridized carbons (Fsp3) is 0.0652. The van der Waals surface area contributed by atoms with Crippen molar-refractivity contribution in [2.24, 2.45) is 0 Å². The number of para-hydroxylation sites is 6. The molecule has 0 N–H and O–H groups in total. The summed E-state index contributed by atoms with van der Waals surface area (Å²) in [5.41, 5.74) is 27.1. The molecule has 0 spiro atoms. The maximum absolute atomic E-state index is 9.58. The number of nitriles is 1. The second kappa shape index (κ2) is 35.0. The third-order valence-corrected chi connectivity index (χ3v) is 31.0. The first-order valence-electron chi connectivity index (χ1n) is 50.8. The Hall–Kier alpha value is -19.0. The van der Waals surface area contributed by atoms with Crippen LogP contribution in [0.5, 0.6) is 34.5 Å². The fourth-order valence-electron chi connectivity index (χ4n) is 23.8. The topological polar surface area (TPSA) is 76.0 Å². The van der Waals surface area contributed by atoms with Gasteiger partial charge in [-0.1, -0.05) is 327 Å². The predicted molar refractivity (Wildman–Crippen MR) is 615 cm³/mol. The van der Waals surface area contributed by atoms with Crippen molar-refractivity contribution in [2.75, 3.05) is 14.7 Å². The third kappa shape index (κ3) is 14.5. The molecule has 10 nitrogen and oxygen atoms in total. The zero-order valence-electron chi connectivity index (χ0n) is 82.6. The van der Waals surface area contributed by atoms with E-state index >= 15 is 0 Å². The van der Waals surface area contributed by atoms with E-state index in [0.29, 0.717) is 5.56 Å². The van der Waals surface area contributed by atoms with Gasteiger partial charge in [0.1, 0.15) is 34.5 Å². The number of fused-ring (bicyclic) bond motifs is 23. The number of hydrogen-bond donors (Lipinski definition) is 0. The maximum Gasteiger partial charge on any atom is 0.133 e. The van der Waals surface area contributed by atoms with Crippen molar-refractivity contribution in [1.82, 2.24) is 13.7 Å². The van der Waals surface area contributed by atoms with Crippen molar-refractivity contribution in [3.63, 3.8) is 0 Å². The van der Waals surface area contributed by atoms with Crippen LogP contribution in [0.3, 0.4) is 0 Å². The van der Waals surface area contributed by atoms with Gasteiger partial charge in [0.15, 0.2) is 0 Å². The van der Waals surface area contributed by atoms with E-state index in [1.54, 1.807) is 0 Å². The molecular weight excluding hydrogens is 1800 g/mol. The average Bonchev–Trinajstić information content (AvgIpc) is 1.50. The SMILES string of the molecule is CC1(C)c2ccccc2Oc2cc(N(c3ccc(C#N)cc3)c3ccc4c(c3)c3c5ccccc5ccc3n4-c3ccccc3)ccc21.CC1(C)c2ccccc2Oc2cc(N(c3ccc4c(c3)c3c5ccccc5ccc3n4-c3ccccc3)c3cccc4ccccc34)ccc21.CC1(C)c2ccccc2Oc2cc(N(c3ccc4ccccc4c3)c3ccc4c(c3)c3c5ccccc5ccc3n4-c3ccccc3)ccc21. The summed E-state index contributed by atoms with van der Waals surface area (Å²) in [6.07, 6.45) is 0. The van der Waals surface area contributed by atoms with Crippen molar-refractivity contribution in [2.45, 2.75) is 57.8 Å². The van der Waals surface area contributed by atoms with Crippen molar-refractivity contribution in [1.29, 1.82) is 5.26 Å². The first-order valence-corrected chi connectivity index (χ1v) is 50.8. The van der Waals surface area contributed by atoms with Crippen LogP contribution in [0.4, 0.5) is 51.2 Å². The summed E-state index contributed by atoms with van der Waals surface area (Å²) in [6, 6.07) is 178. The Balaban J connectivity index is 0.000000110. The van der Waals surface area contributed by atoms with Crippen LogP contribution in [-0.2, 0) is 16.2 Å². The molecule has 29 rings (SSSR count). The van der Waals surface area contributed by atoms with Gasteiger partial charge in [-0.05, 0) is 237 Å². The summed E-state index contributed by atoms with van der Waals surface area (Å²) in [5.74, 6) is 5.36. The molecule has 26 aromatic rings. The quantitative estimate of drug-likeness (QED) is 0.121. The van der Waals surface area contributed by atoms with E-state index in [4.69, 9.17) is 14.2 Å². The summed E-state index contributed by atoms with van der Waals surface area (Å²) in [5, 5.41) is 29.1. The molecule has 0 fully saturated rings. The average molecular weight is 1900 g/mol. The summed E-state index contributed by atoms with van der Waals surface area (Å²) in [4.78, 5) is 7.03. The molecule has 23 aromatic carbocycles. The van der Waals surface area contributed by atoms with E-state index in [-0.39, 0.29) is 16.2 Å². The van der Waals surface area contributed by atoms with E-state index in [0.717, 1.165) is 114 Å². The molecule has 0 aliphatic carbocycles. The summed E-state index contributed by atoms with van der Waals surface area (Å²) in [6.45, 7) is 13.7. The number of anilines is 9. The van der Waals surface area contributed by atoms with Crippen LogP contribution in [0.25, 0.3) is 136 Å². The Bertz CT molecular complexity index is 9910. The van der Waals surface area contributed by atoms with Crippen LogP contribution in [-0.4, -0.2) is 13.7 Å². The molecule has 10 heteroatoms. The van der Waals surface area contributed by atoms with Crippen LogP contribution >= 0.6 is 0 Å². The molecule has 3 aliphatic heterocycles. The monoisotopic (exact) mass is 1900 g/mol. The van der Waals surface area contributed by atoms with Crippen molar-refractivity contribution >= 4 is 170 Å². The Kier molecular flexibility index (Phi) is 20.8. The molecule has 0 saturated carbocycles. The Morgan fingerprint density at radius 1 is 0.196 bits per heavy atom. The lowest BCUT2D eigenvalue weighted by Crippen LogP contribution is -2.24. The van der Waals surface area contributed by atoms with Crippen molar-refractivity contribution in [3.8, 4) is 57.6 Å². The third-order valence-electron chi connectivity index (χ3n) is 31.0. The first kappa shape index (κ1) is 88.0. The number of aromatic nitrogens is 3. The highest BCUT2D eigenvalue weighted by Crippen LogP contribution is 2.57. The lowest BCUT2D eigenvalue weighted by atomic mass is 9.76. The van der Waals surface area contributed by atoms with Crippen LogP contribution < -0.4 is 28.9 Å². The van der Waals surface area contributed by atoms with E-state index < -0.39 is 0 Å². The van der Waals surface area contributed by atoms with Gasteiger partial charge < -0.3 is 42.6 Å². The Morgan fingerprint density at radius 3 is 0.865 bits per heavy atom. The molecular formula is C138H99N7O3. The van der Waals surface area contributed by atoms with Gasteiger partial charge in [0, 0.05) is 168 Å². The standard InChI is InChI=1S/2C47H34N2O.C44H31N3O/c1-47(2)39-20-10-11-22-44(39)50-45-30-35(24-26-40(45)47)48(41-21-12-15-31-13-6-8-18-36(31)41)34-25-28-42-38(29-34)46-37-19-9-7-14-32(37)23-27-43(46)49(42)33-16-4-3-5-17-33;1-47(2)40-18-10-11-19-44(40)50-45-30-37(23-25-41(45)47)48(35-22-20-31-12-6-7-14-33(31)28-35)36-24-27-42-39(29-36)46-38-17-9-8-13-32(38)21-26-43(46)49(42)34-15-4-3-5-16-34;1-44(2)37-14-8-9-15-41(37)48-42-27-34(21-23-38(42)44)46(32-19-16-29(28-45)17-20-32)33-22-25-39-36(26-33)43-35-13-7-6-10-30(35)18-24-40(43)47(39)31-11-4-3-5-12-31/h2*3-30H,1-2H3;3-27H,1-2H3. The van der Waals surface area contributed by atoms with E-state index in [9.17, 15) is 5.26 Å². The van der Waals surface area contributed by atoms with E-state index in [1.165, 1.54) is 142 Å². The molecule has 0 atom stereocenters. The van der Waals surface area contributed by atoms with Gasteiger partial charge in [0.2, 0.25) is 0 Å². The van der Waals surface area contributed by atoms with Gasteiger partial charge in [-0.2, -0.15) is 5.26 Å². The first-order chi connectivity index (χ1) is 72.6. The van der Waals surface area contributed by atoms with Crippen LogP contribution in [0.2, 0.25) is 0 Å². The largest absolute Gasteiger partial charge is 0.457 e. The molecule has 148 heavy (non-hydrogen) atoms. The van der Waals surface area contributed by atoms with Gasteiger partial charge in [-0.25, -0.2) is 0 Å². The maximum atomic E-state index is 9.58. The van der Waals surface area contributed by atoms with Gasteiger partial charge in [0.25, 0.3) is 0 Å². The minimum atomic E-state index is -0.207. The number of ether oxygens (including phenoxy) is 3. The number of rotatable bonds is 12. The number of hydrogen-bond acceptors (Lipinski definition) is 7. The minimum absolute atomic E-state index is 0.185. The Morgan fingerprint density at radius 2 is 0.466 bits per heavy atom. The van der Waals surface area contributed by atoms with Gasteiger partial charge in [0.05, 0.1) is 50.4 Å². The molecule has 0 bridgehead atoms. The molecule has 0 saturated heterocycles. The van der Waals surface area contributed by atoms with Gasteiger partial charge in [-0.15, -0.1) is 0 Å². The van der Waals surface area contributed by atoms with Gasteiger partial charge >= 0.3 is 0 Å². The lowest BCUT2D eigenvalue weighted by molar-refractivity contribution is 0.418. The summed E-state index contributed by atoms with van der Waals surface area (Å²) in [7, 11) is 0. The normalized spacial score (nSPS) is 13.2. The summed E-state index contributed by atoms with van der Waals surface area (Å²) < 4.78 is 27.0. The van der Waals surface area contributed by atoms with Gasteiger partial charge in [-0.3, -0.25) is 0 Å². The molecule has 6 heterocycles. The number of nitrogens with zero attached hydrogens (tertiary/aromatic N) is 7. The van der Waals surface area contributed by atoms with Crippen molar-refractivity contribution in [3.05, 3.63) is 530 Å². The van der Waals surface area contributed by atoms with E-state index in [1.807, 2.05) is 36.4 Å². The van der Waals surface area contributed by atoms with Crippen LogP contribution in [0.15, 0.2) is 491 Å². The summed E-state index contributed by atoms with van der Waals surface area (Å²) >= 11 is 0. The molecule has 0 unspecified atom stereocenters. The van der Waals surface area contributed by atoms with Crippen LogP contribution in [0, 0.1) is 11.3 Å². The molecule has 0 amide bonds. The predicted octanol–water partition coefficient (Wildman–Crippen LogP) is 37.7. The highest BCUT2D eigenvalue weighted by molar-refractivity contribution is 6.25. The second-order valence-corrected chi connectivity index (χ2v) is 40.6. The minimum Gasteiger partial charge on any atom is -0.457 e. The highest BCUT2D eigenvalue weighted by Gasteiger charge is 2.39. The zero-order valence-corrected chi connectivity index (χ0v) is 82.6. The molecule has 3 aromatic heterocycles. The van der Waals surface area contributed by atoms with Crippen LogP contribution in [0.1, 0.15) is 80.5 Å². The highest BCUT2D eigenvalue weighted by atomic mass is 16.5.